The molecule has 1 N–H and O–H groups in total. The average Bonchev–Trinajstić information content (AvgIpc) is 2.58. The van der Waals surface area contributed by atoms with Crippen LogP contribution in [0, 0.1) is 5.92 Å². The van der Waals surface area contributed by atoms with E-state index in [0.29, 0.717) is 6.61 Å². The van der Waals surface area contributed by atoms with Crippen molar-refractivity contribution in [3.8, 4) is 0 Å². The molecule has 0 aliphatic heterocycles. The molecule has 5 heteroatoms. The first-order valence-electron chi connectivity index (χ1n) is 5.00. The third-order valence-electron chi connectivity index (χ3n) is 2.38. The molecule has 0 saturated carbocycles. The van der Waals surface area contributed by atoms with Gasteiger partial charge in [-0.3, -0.25) is 4.68 Å². The van der Waals surface area contributed by atoms with Crippen molar-refractivity contribution >= 4 is 15.9 Å². The highest BCUT2D eigenvalue weighted by molar-refractivity contribution is 9.10. The molecule has 4 nitrogen and oxygen atoms in total. The normalized spacial score (nSPS) is 15.3. The number of hydrogen-bond donors (Lipinski definition) is 1. The van der Waals surface area contributed by atoms with Gasteiger partial charge in [0.25, 0.3) is 0 Å². The Morgan fingerprint density at radius 1 is 1.67 bits per heavy atom. The number of rotatable bonds is 5. The topological polar surface area (TPSA) is 47.3 Å². The summed E-state index contributed by atoms with van der Waals surface area (Å²) >= 11 is 3.39. The van der Waals surface area contributed by atoms with Gasteiger partial charge < -0.3 is 9.84 Å². The van der Waals surface area contributed by atoms with Crippen LogP contribution in [0.2, 0.25) is 0 Å². The van der Waals surface area contributed by atoms with E-state index in [-0.39, 0.29) is 5.92 Å². The Hall–Kier alpha value is -0.390. The van der Waals surface area contributed by atoms with E-state index in [0.717, 1.165) is 16.7 Å². The predicted molar refractivity (Wildman–Crippen MR) is 61.6 cm³/mol. The van der Waals surface area contributed by atoms with Gasteiger partial charge in [0.2, 0.25) is 0 Å². The van der Waals surface area contributed by atoms with Crippen LogP contribution in [0.1, 0.15) is 25.6 Å². The fraction of sp³-hybridized carbons (Fsp3) is 0.700. The number of ether oxygens (including phenoxy) is 1. The van der Waals surface area contributed by atoms with Gasteiger partial charge in [0.1, 0.15) is 6.10 Å². The van der Waals surface area contributed by atoms with Crippen LogP contribution in [0.25, 0.3) is 0 Å². The predicted octanol–water partition coefficient (Wildman–Crippen LogP) is 1.98. The molecular weight excluding hydrogens is 260 g/mol. The lowest BCUT2D eigenvalue weighted by atomic mass is 10.0. The number of hydrogen-bond acceptors (Lipinski definition) is 3. The molecule has 0 amide bonds. The summed E-state index contributed by atoms with van der Waals surface area (Å²) in [4.78, 5) is 0. The van der Waals surface area contributed by atoms with Crippen molar-refractivity contribution in [2.24, 2.45) is 5.92 Å². The van der Waals surface area contributed by atoms with Gasteiger partial charge in [0.05, 0.1) is 23.0 Å². The molecule has 2 atom stereocenters. The zero-order valence-corrected chi connectivity index (χ0v) is 10.9. The van der Waals surface area contributed by atoms with Crippen LogP contribution in [-0.2, 0) is 11.3 Å². The van der Waals surface area contributed by atoms with Crippen LogP contribution >= 0.6 is 15.9 Å². The maximum absolute atomic E-state index is 10.1. The molecule has 0 saturated heterocycles. The second-order valence-electron chi connectivity index (χ2n) is 3.57. The maximum atomic E-state index is 10.1. The Balaban J connectivity index is 2.88. The molecule has 1 heterocycles. The summed E-state index contributed by atoms with van der Waals surface area (Å²) in [6.07, 6.45) is 1.16. The second-order valence-corrected chi connectivity index (χ2v) is 4.43. The van der Waals surface area contributed by atoms with Gasteiger partial charge in [0.15, 0.2) is 0 Å². The largest absolute Gasteiger partial charge is 0.386 e. The molecule has 0 aromatic carbocycles. The molecular formula is C10H17BrN2O2. The molecule has 15 heavy (non-hydrogen) atoms. The molecule has 86 valence electrons. The monoisotopic (exact) mass is 276 g/mol. The quantitative estimate of drug-likeness (QED) is 0.895. The van der Waals surface area contributed by atoms with Crippen molar-refractivity contribution in [3.63, 3.8) is 0 Å². The van der Waals surface area contributed by atoms with Crippen LogP contribution in [0.5, 0.6) is 0 Å². The molecule has 0 aliphatic carbocycles. The Kier molecular flexibility index (Phi) is 4.76. The molecule has 1 aromatic heterocycles. The van der Waals surface area contributed by atoms with E-state index in [1.807, 2.05) is 13.8 Å². The van der Waals surface area contributed by atoms with E-state index in [2.05, 4.69) is 21.0 Å². The lowest BCUT2D eigenvalue weighted by Gasteiger charge is -2.19. The van der Waals surface area contributed by atoms with Crippen molar-refractivity contribution in [2.75, 3.05) is 13.7 Å². The van der Waals surface area contributed by atoms with Gasteiger partial charge in [-0.25, -0.2) is 0 Å². The van der Waals surface area contributed by atoms with Crippen LogP contribution in [-0.4, -0.2) is 28.6 Å². The first-order chi connectivity index (χ1) is 7.11. The summed E-state index contributed by atoms with van der Waals surface area (Å²) < 4.78 is 7.67. The molecule has 1 aromatic rings. The number of methoxy groups -OCH3 is 1. The Bertz CT molecular complexity index is 314. The molecule has 0 bridgehead atoms. The maximum Gasteiger partial charge on any atom is 0.101 e. The van der Waals surface area contributed by atoms with E-state index in [9.17, 15) is 5.11 Å². The molecule has 0 radical (unpaired) electrons. The van der Waals surface area contributed by atoms with Gasteiger partial charge in [-0.1, -0.05) is 6.92 Å². The summed E-state index contributed by atoms with van der Waals surface area (Å²) in [7, 11) is 1.63. The number of halogens is 1. The summed E-state index contributed by atoms with van der Waals surface area (Å²) in [6, 6.07) is 0. The minimum absolute atomic E-state index is 0.0494. The van der Waals surface area contributed by atoms with E-state index in [1.165, 1.54) is 0 Å². The van der Waals surface area contributed by atoms with Crippen molar-refractivity contribution < 1.29 is 9.84 Å². The van der Waals surface area contributed by atoms with Gasteiger partial charge in [-0.2, -0.15) is 5.10 Å². The van der Waals surface area contributed by atoms with Crippen LogP contribution in [0.3, 0.4) is 0 Å². The van der Waals surface area contributed by atoms with Crippen LogP contribution < -0.4 is 0 Å². The minimum Gasteiger partial charge on any atom is -0.386 e. The summed E-state index contributed by atoms with van der Waals surface area (Å²) in [5.41, 5.74) is 0.821. The molecule has 0 fully saturated rings. The molecule has 1 rings (SSSR count). The molecule has 2 unspecified atom stereocenters. The third kappa shape index (κ3) is 2.80. The molecule has 0 aliphatic rings. The number of aliphatic hydroxyl groups excluding tert-OH is 1. The van der Waals surface area contributed by atoms with Crippen molar-refractivity contribution in [1.82, 2.24) is 9.78 Å². The second kappa shape index (κ2) is 5.63. The lowest BCUT2D eigenvalue weighted by Crippen LogP contribution is -2.18. The average molecular weight is 277 g/mol. The van der Waals surface area contributed by atoms with E-state index in [1.54, 1.807) is 18.0 Å². The van der Waals surface area contributed by atoms with Gasteiger partial charge in [-0.15, -0.1) is 0 Å². The molecule has 0 spiro atoms. The zero-order valence-electron chi connectivity index (χ0n) is 9.27. The van der Waals surface area contributed by atoms with Crippen molar-refractivity contribution in [3.05, 3.63) is 16.4 Å². The first-order valence-corrected chi connectivity index (χ1v) is 5.79. The van der Waals surface area contributed by atoms with E-state index < -0.39 is 6.10 Å². The fourth-order valence-electron chi connectivity index (χ4n) is 1.54. The Morgan fingerprint density at radius 3 is 2.87 bits per heavy atom. The van der Waals surface area contributed by atoms with Crippen molar-refractivity contribution in [1.29, 1.82) is 0 Å². The SMILES string of the molecule is CCn1ncc(Br)c1C(O)C(C)COC. The van der Waals surface area contributed by atoms with Gasteiger partial charge >= 0.3 is 0 Å². The highest BCUT2D eigenvalue weighted by Crippen LogP contribution is 2.28. The summed E-state index contributed by atoms with van der Waals surface area (Å²) in [6.45, 7) is 5.23. The number of aryl methyl sites for hydroxylation is 1. The number of aromatic nitrogens is 2. The fourth-order valence-corrected chi connectivity index (χ4v) is 2.07. The Labute approximate surface area is 98.4 Å². The summed E-state index contributed by atoms with van der Waals surface area (Å²) in [5, 5.41) is 14.3. The first kappa shape index (κ1) is 12.7. The Morgan fingerprint density at radius 2 is 2.33 bits per heavy atom. The van der Waals surface area contributed by atoms with Gasteiger partial charge in [-0.05, 0) is 22.9 Å². The van der Waals surface area contributed by atoms with Crippen molar-refractivity contribution in [2.45, 2.75) is 26.5 Å². The van der Waals surface area contributed by atoms with E-state index in [4.69, 9.17) is 4.74 Å². The zero-order chi connectivity index (χ0) is 11.4. The smallest absolute Gasteiger partial charge is 0.101 e. The lowest BCUT2D eigenvalue weighted by molar-refractivity contribution is 0.0508. The number of nitrogens with zero attached hydrogens (tertiary/aromatic N) is 2. The summed E-state index contributed by atoms with van der Waals surface area (Å²) in [5.74, 6) is 0.0494. The highest BCUT2D eigenvalue weighted by Gasteiger charge is 2.22. The highest BCUT2D eigenvalue weighted by atomic mass is 79.9. The van der Waals surface area contributed by atoms with Crippen LogP contribution in [0.15, 0.2) is 10.7 Å². The third-order valence-corrected chi connectivity index (χ3v) is 2.99. The standard InChI is InChI=1S/C10H17BrN2O2/c1-4-13-9(8(11)5-12-13)10(14)7(2)6-15-3/h5,7,10,14H,4,6H2,1-3H3. The van der Waals surface area contributed by atoms with E-state index >= 15 is 0 Å². The minimum atomic E-state index is -0.554. The van der Waals surface area contributed by atoms with Crippen LogP contribution in [0.4, 0.5) is 0 Å². The number of aliphatic hydroxyl groups is 1. The van der Waals surface area contributed by atoms with Gasteiger partial charge in [0, 0.05) is 19.6 Å².